The number of nitrogen functional groups attached to an aromatic ring is 1. The zero-order chi connectivity index (χ0) is 14.4. The molecule has 2 rings (SSSR count). The Morgan fingerprint density at radius 1 is 1.30 bits per heavy atom. The summed E-state index contributed by atoms with van der Waals surface area (Å²) in [5.41, 5.74) is 6.52. The van der Waals surface area contributed by atoms with E-state index >= 15 is 0 Å². The number of hydrogen-bond acceptors (Lipinski definition) is 5. The van der Waals surface area contributed by atoms with E-state index in [0.717, 1.165) is 0 Å². The molecule has 0 radical (unpaired) electrons. The van der Waals surface area contributed by atoms with Crippen LogP contribution in [0.4, 0.5) is 5.69 Å². The number of hydrogen-bond donors (Lipinski definition) is 1. The average Bonchev–Trinajstić information content (AvgIpc) is 2.92. The number of thiophene rings is 1. The lowest BCUT2D eigenvalue weighted by atomic mass is 10.1. The molecule has 4 nitrogen and oxygen atoms in total. The quantitative estimate of drug-likeness (QED) is 0.656. The standard InChI is InChI=1S/C15H17NO3S/c1-2-18-13-7-3-6-12(16)14(13)15(17)19-9-8-11-5-4-10-20-11/h3-7,10H,2,8-9,16H2,1H3. The molecule has 0 bridgehead atoms. The van der Waals surface area contributed by atoms with Crippen LogP contribution in [0, 0.1) is 0 Å². The minimum atomic E-state index is -0.442. The summed E-state index contributed by atoms with van der Waals surface area (Å²) < 4.78 is 10.7. The second-order valence-corrected chi connectivity index (χ2v) is 5.15. The molecule has 5 heteroatoms. The fraction of sp³-hybridized carbons (Fsp3) is 0.267. The summed E-state index contributed by atoms with van der Waals surface area (Å²) in [7, 11) is 0. The van der Waals surface area contributed by atoms with Crippen LogP contribution in [-0.2, 0) is 11.2 Å². The Balaban J connectivity index is 2.01. The summed E-state index contributed by atoms with van der Waals surface area (Å²) in [5, 5.41) is 2.00. The van der Waals surface area contributed by atoms with Crippen molar-refractivity contribution in [2.75, 3.05) is 18.9 Å². The molecule has 2 aromatic rings. The van der Waals surface area contributed by atoms with Crippen molar-refractivity contribution in [3.05, 3.63) is 46.2 Å². The fourth-order valence-corrected chi connectivity index (χ4v) is 2.50. The molecule has 0 saturated carbocycles. The van der Waals surface area contributed by atoms with Gasteiger partial charge in [-0.3, -0.25) is 0 Å². The van der Waals surface area contributed by atoms with Crippen molar-refractivity contribution in [1.29, 1.82) is 0 Å². The van der Waals surface area contributed by atoms with Gasteiger partial charge in [0, 0.05) is 17.0 Å². The minimum Gasteiger partial charge on any atom is -0.493 e. The maximum absolute atomic E-state index is 12.1. The molecule has 0 amide bonds. The zero-order valence-corrected chi connectivity index (χ0v) is 12.1. The van der Waals surface area contributed by atoms with E-state index in [1.807, 2.05) is 24.4 Å². The molecule has 0 saturated heterocycles. The van der Waals surface area contributed by atoms with E-state index in [-0.39, 0.29) is 0 Å². The molecule has 0 fully saturated rings. The van der Waals surface area contributed by atoms with Crippen LogP contribution in [0.3, 0.4) is 0 Å². The highest BCUT2D eigenvalue weighted by Gasteiger charge is 2.17. The van der Waals surface area contributed by atoms with Gasteiger partial charge in [-0.2, -0.15) is 0 Å². The van der Waals surface area contributed by atoms with Crippen LogP contribution < -0.4 is 10.5 Å². The summed E-state index contributed by atoms with van der Waals surface area (Å²) in [6.07, 6.45) is 0.708. The third-order valence-corrected chi connectivity index (χ3v) is 3.66. The Kier molecular flexibility index (Phi) is 5.01. The van der Waals surface area contributed by atoms with Gasteiger partial charge >= 0.3 is 5.97 Å². The van der Waals surface area contributed by atoms with Gasteiger partial charge in [0.15, 0.2) is 0 Å². The molecular weight excluding hydrogens is 274 g/mol. The van der Waals surface area contributed by atoms with Crippen LogP contribution in [0.15, 0.2) is 35.7 Å². The summed E-state index contributed by atoms with van der Waals surface area (Å²) in [6.45, 7) is 2.66. The van der Waals surface area contributed by atoms with Gasteiger partial charge < -0.3 is 15.2 Å². The second-order valence-electron chi connectivity index (χ2n) is 4.12. The molecule has 0 aliphatic carbocycles. The number of carbonyl (C=O) groups excluding carboxylic acids is 1. The fourth-order valence-electron chi connectivity index (χ4n) is 1.81. The Labute approximate surface area is 122 Å². The predicted octanol–water partition coefficient (Wildman–Crippen LogP) is 3.13. The number of anilines is 1. The Bertz CT molecular complexity index is 567. The van der Waals surface area contributed by atoms with Gasteiger partial charge in [0.25, 0.3) is 0 Å². The summed E-state index contributed by atoms with van der Waals surface area (Å²) in [6, 6.07) is 9.13. The summed E-state index contributed by atoms with van der Waals surface area (Å²) in [5.74, 6) is 0.0247. The molecule has 1 aromatic heterocycles. The average molecular weight is 291 g/mol. The van der Waals surface area contributed by atoms with Crippen LogP contribution in [0.2, 0.25) is 0 Å². The Morgan fingerprint density at radius 3 is 2.85 bits per heavy atom. The van der Waals surface area contributed by atoms with Crippen molar-refractivity contribution in [2.45, 2.75) is 13.3 Å². The normalized spacial score (nSPS) is 10.2. The molecule has 0 aliphatic rings. The number of benzene rings is 1. The van der Waals surface area contributed by atoms with Gasteiger partial charge in [-0.05, 0) is 30.5 Å². The lowest BCUT2D eigenvalue weighted by Gasteiger charge is -2.11. The molecule has 106 valence electrons. The first-order chi connectivity index (χ1) is 9.72. The smallest absolute Gasteiger partial charge is 0.344 e. The predicted molar refractivity (Wildman–Crippen MR) is 80.3 cm³/mol. The van der Waals surface area contributed by atoms with Gasteiger partial charge in [-0.25, -0.2) is 4.79 Å². The van der Waals surface area contributed by atoms with E-state index in [4.69, 9.17) is 15.2 Å². The van der Waals surface area contributed by atoms with Crippen LogP contribution in [-0.4, -0.2) is 19.2 Å². The lowest BCUT2D eigenvalue weighted by Crippen LogP contribution is -2.12. The summed E-state index contributed by atoms with van der Waals surface area (Å²) in [4.78, 5) is 13.3. The number of rotatable bonds is 6. The zero-order valence-electron chi connectivity index (χ0n) is 11.3. The van der Waals surface area contributed by atoms with Crippen LogP contribution in [0.5, 0.6) is 5.75 Å². The van der Waals surface area contributed by atoms with E-state index in [2.05, 4.69) is 0 Å². The molecule has 0 atom stereocenters. The molecule has 0 unspecified atom stereocenters. The molecule has 2 N–H and O–H groups in total. The largest absolute Gasteiger partial charge is 0.493 e. The number of esters is 1. The van der Waals surface area contributed by atoms with E-state index in [9.17, 15) is 4.79 Å². The van der Waals surface area contributed by atoms with Crippen molar-refractivity contribution in [1.82, 2.24) is 0 Å². The van der Waals surface area contributed by atoms with E-state index < -0.39 is 5.97 Å². The first-order valence-electron chi connectivity index (χ1n) is 6.43. The minimum absolute atomic E-state index is 0.306. The molecule has 1 aromatic carbocycles. The third-order valence-electron chi connectivity index (χ3n) is 2.72. The van der Waals surface area contributed by atoms with Crippen molar-refractivity contribution in [3.63, 3.8) is 0 Å². The molecule has 0 spiro atoms. The number of ether oxygens (including phenoxy) is 2. The maximum Gasteiger partial charge on any atom is 0.344 e. The molecular formula is C15H17NO3S. The number of carbonyl (C=O) groups is 1. The van der Waals surface area contributed by atoms with Gasteiger partial charge in [-0.15, -0.1) is 11.3 Å². The topological polar surface area (TPSA) is 61.5 Å². The van der Waals surface area contributed by atoms with Gasteiger partial charge in [-0.1, -0.05) is 12.1 Å². The van der Waals surface area contributed by atoms with Gasteiger partial charge in [0.1, 0.15) is 11.3 Å². The van der Waals surface area contributed by atoms with Crippen LogP contribution in [0.25, 0.3) is 0 Å². The Hall–Kier alpha value is -2.01. The molecule has 1 heterocycles. The molecule has 20 heavy (non-hydrogen) atoms. The lowest BCUT2D eigenvalue weighted by molar-refractivity contribution is 0.0507. The summed E-state index contributed by atoms with van der Waals surface area (Å²) >= 11 is 1.64. The van der Waals surface area contributed by atoms with Gasteiger partial charge in [0.2, 0.25) is 0 Å². The highest BCUT2D eigenvalue weighted by molar-refractivity contribution is 7.09. The second kappa shape index (κ2) is 6.96. The number of nitrogens with two attached hydrogens (primary N) is 1. The van der Waals surface area contributed by atoms with E-state index in [0.29, 0.717) is 36.6 Å². The van der Waals surface area contributed by atoms with Crippen molar-refractivity contribution in [3.8, 4) is 5.75 Å². The van der Waals surface area contributed by atoms with E-state index in [1.54, 1.807) is 29.5 Å². The third kappa shape index (κ3) is 3.51. The first-order valence-corrected chi connectivity index (χ1v) is 7.31. The first kappa shape index (κ1) is 14.4. The molecule has 0 aliphatic heterocycles. The monoisotopic (exact) mass is 291 g/mol. The maximum atomic E-state index is 12.1. The Morgan fingerprint density at radius 2 is 2.15 bits per heavy atom. The highest BCUT2D eigenvalue weighted by atomic mass is 32.1. The SMILES string of the molecule is CCOc1cccc(N)c1C(=O)OCCc1cccs1. The van der Waals surface area contributed by atoms with E-state index in [1.165, 1.54) is 4.88 Å². The van der Waals surface area contributed by atoms with Crippen molar-refractivity contribution >= 4 is 23.0 Å². The van der Waals surface area contributed by atoms with Crippen LogP contribution in [0.1, 0.15) is 22.2 Å². The van der Waals surface area contributed by atoms with Crippen LogP contribution >= 0.6 is 11.3 Å². The van der Waals surface area contributed by atoms with Gasteiger partial charge in [0.05, 0.1) is 13.2 Å². The van der Waals surface area contributed by atoms with Crippen molar-refractivity contribution < 1.29 is 14.3 Å². The van der Waals surface area contributed by atoms with Crippen molar-refractivity contribution in [2.24, 2.45) is 0 Å². The highest BCUT2D eigenvalue weighted by Crippen LogP contribution is 2.25.